The summed E-state index contributed by atoms with van der Waals surface area (Å²) in [5.41, 5.74) is 1.50. The first-order valence-corrected chi connectivity index (χ1v) is 5.03. The van der Waals surface area contributed by atoms with Gasteiger partial charge in [-0.15, -0.1) is 0 Å². The van der Waals surface area contributed by atoms with Crippen molar-refractivity contribution in [3.8, 4) is 0 Å². The average Bonchev–Trinajstić information content (AvgIpc) is 2.37. The van der Waals surface area contributed by atoms with E-state index in [-0.39, 0.29) is 0 Å². The third kappa shape index (κ3) is 0.331. The summed E-state index contributed by atoms with van der Waals surface area (Å²) in [4.78, 5) is 0. The highest BCUT2D eigenvalue weighted by atomic mass is 14.9. The van der Waals surface area contributed by atoms with Crippen molar-refractivity contribution in [3.05, 3.63) is 0 Å². The van der Waals surface area contributed by atoms with Crippen LogP contribution in [0.5, 0.6) is 0 Å². The lowest BCUT2D eigenvalue weighted by Crippen LogP contribution is -2.60. The molecule has 0 aliphatic heterocycles. The van der Waals surface area contributed by atoms with E-state index in [1.54, 1.807) is 6.42 Å². The molecule has 62 valence electrons. The molecule has 4 bridgehead atoms. The molecule has 0 nitrogen and oxygen atoms in total. The Balaban J connectivity index is 2.13. The molecule has 0 N–H and O–H groups in total. The van der Waals surface area contributed by atoms with Crippen LogP contribution in [0.2, 0.25) is 0 Å². The summed E-state index contributed by atoms with van der Waals surface area (Å²) in [6.45, 7) is 10.0. The van der Waals surface area contributed by atoms with Crippen LogP contribution in [0.4, 0.5) is 0 Å². The fourth-order valence-corrected chi connectivity index (χ4v) is 5.09. The van der Waals surface area contributed by atoms with Crippen LogP contribution in [0, 0.1) is 34.5 Å². The van der Waals surface area contributed by atoms with Gasteiger partial charge in [0.25, 0.3) is 0 Å². The molecule has 5 aliphatic carbocycles. The van der Waals surface area contributed by atoms with Gasteiger partial charge in [0.1, 0.15) is 0 Å². The Morgan fingerprint density at radius 2 is 1.73 bits per heavy atom. The predicted octanol–water partition coefficient (Wildman–Crippen LogP) is 2.93. The van der Waals surface area contributed by atoms with E-state index < -0.39 is 0 Å². The molecule has 6 atom stereocenters. The van der Waals surface area contributed by atoms with E-state index in [4.69, 9.17) is 0 Å². The molecular formula is C11H18. The summed E-state index contributed by atoms with van der Waals surface area (Å²) in [7, 11) is 0. The number of hydrogen-bond acceptors (Lipinski definition) is 0. The molecule has 0 aromatic rings. The van der Waals surface area contributed by atoms with Gasteiger partial charge in [0.2, 0.25) is 0 Å². The second-order valence-electron chi connectivity index (χ2n) is 5.67. The topological polar surface area (TPSA) is 0 Å². The summed E-state index contributed by atoms with van der Waals surface area (Å²) < 4.78 is 0. The SMILES string of the molecule is CC1C2C(C)C3(C)C2CC13C. The van der Waals surface area contributed by atoms with Gasteiger partial charge in [-0.05, 0) is 40.9 Å². The first-order valence-electron chi connectivity index (χ1n) is 5.03. The summed E-state index contributed by atoms with van der Waals surface area (Å²) in [6, 6.07) is 0. The van der Waals surface area contributed by atoms with Crippen LogP contribution in [0.1, 0.15) is 34.1 Å². The van der Waals surface area contributed by atoms with Crippen LogP contribution in [0.3, 0.4) is 0 Å². The van der Waals surface area contributed by atoms with Gasteiger partial charge in [-0.1, -0.05) is 27.7 Å². The zero-order valence-corrected chi connectivity index (χ0v) is 8.02. The quantitative estimate of drug-likeness (QED) is 0.498. The molecule has 0 heterocycles. The molecule has 5 aliphatic rings. The average molecular weight is 150 g/mol. The largest absolute Gasteiger partial charge is 0.0617 e. The lowest BCUT2D eigenvalue weighted by atomic mass is 9.39. The summed E-state index contributed by atoms with van der Waals surface area (Å²) in [6.07, 6.45) is 1.54. The smallest absolute Gasteiger partial charge is 0.0209 e. The molecule has 0 aromatic heterocycles. The van der Waals surface area contributed by atoms with Crippen molar-refractivity contribution in [2.24, 2.45) is 34.5 Å². The fraction of sp³-hybridized carbons (Fsp3) is 1.00. The Hall–Kier alpha value is 0. The van der Waals surface area contributed by atoms with Gasteiger partial charge < -0.3 is 0 Å². The predicted molar refractivity (Wildman–Crippen MR) is 46.1 cm³/mol. The zero-order valence-electron chi connectivity index (χ0n) is 8.02. The fourth-order valence-electron chi connectivity index (χ4n) is 5.09. The molecule has 5 rings (SSSR count). The highest BCUT2D eigenvalue weighted by molar-refractivity contribution is 5.30. The standard InChI is InChI=1S/C11H18/c1-6-9-7(2)11(4)8(9)5-10(6,11)3/h6-9H,5H2,1-4H3. The molecule has 0 aromatic carbocycles. The Labute approximate surface area is 69.4 Å². The van der Waals surface area contributed by atoms with Crippen molar-refractivity contribution in [2.45, 2.75) is 34.1 Å². The maximum Gasteiger partial charge on any atom is -0.0209 e. The molecule has 0 heteroatoms. The van der Waals surface area contributed by atoms with Gasteiger partial charge in [-0.25, -0.2) is 0 Å². The Kier molecular flexibility index (Phi) is 0.767. The molecule has 5 saturated carbocycles. The second-order valence-corrected chi connectivity index (χ2v) is 5.67. The van der Waals surface area contributed by atoms with Gasteiger partial charge in [-0.3, -0.25) is 0 Å². The highest BCUT2D eigenvalue weighted by Gasteiger charge is 2.82. The van der Waals surface area contributed by atoms with Gasteiger partial charge in [-0.2, -0.15) is 0 Å². The van der Waals surface area contributed by atoms with Crippen LogP contribution >= 0.6 is 0 Å². The minimum Gasteiger partial charge on any atom is -0.0617 e. The Morgan fingerprint density at radius 1 is 1.09 bits per heavy atom. The zero-order chi connectivity index (χ0) is 8.02. The van der Waals surface area contributed by atoms with Crippen LogP contribution in [0.25, 0.3) is 0 Å². The van der Waals surface area contributed by atoms with Crippen molar-refractivity contribution >= 4 is 0 Å². The molecule has 11 heavy (non-hydrogen) atoms. The van der Waals surface area contributed by atoms with Crippen molar-refractivity contribution in [3.63, 3.8) is 0 Å². The van der Waals surface area contributed by atoms with Crippen LogP contribution in [-0.4, -0.2) is 0 Å². The van der Waals surface area contributed by atoms with Crippen molar-refractivity contribution in [2.75, 3.05) is 0 Å². The van der Waals surface area contributed by atoms with E-state index in [0.29, 0.717) is 0 Å². The maximum absolute atomic E-state index is 2.53. The van der Waals surface area contributed by atoms with Gasteiger partial charge >= 0.3 is 0 Å². The summed E-state index contributed by atoms with van der Waals surface area (Å²) in [5, 5.41) is 0. The third-order valence-corrected chi connectivity index (χ3v) is 6.22. The van der Waals surface area contributed by atoms with Crippen molar-refractivity contribution in [1.29, 1.82) is 0 Å². The monoisotopic (exact) mass is 150 g/mol. The van der Waals surface area contributed by atoms with E-state index in [1.807, 2.05) is 0 Å². The third-order valence-electron chi connectivity index (χ3n) is 6.22. The molecule has 0 spiro atoms. The van der Waals surface area contributed by atoms with Crippen LogP contribution in [-0.2, 0) is 0 Å². The first-order chi connectivity index (χ1) is 5.03. The van der Waals surface area contributed by atoms with Gasteiger partial charge in [0.05, 0.1) is 0 Å². The van der Waals surface area contributed by atoms with Gasteiger partial charge in [0, 0.05) is 0 Å². The van der Waals surface area contributed by atoms with E-state index in [1.165, 1.54) is 0 Å². The number of rotatable bonds is 0. The highest BCUT2D eigenvalue weighted by Crippen LogP contribution is 2.87. The minimum atomic E-state index is 0.738. The Morgan fingerprint density at radius 3 is 1.91 bits per heavy atom. The molecular weight excluding hydrogens is 132 g/mol. The number of hydrogen-bond donors (Lipinski definition) is 0. The summed E-state index contributed by atoms with van der Waals surface area (Å²) in [5.74, 6) is 4.27. The Bertz CT molecular complexity index is 222. The van der Waals surface area contributed by atoms with Crippen molar-refractivity contribution in [1.82, 2.24) is 0 Å². The van der Waals surface area contributed by atoms with Crippen molar-refractivity contribution < 1.29 is 0 Å². The normalized spacial score (nSPS) is 77.5. The molecule has 6 unspecified atom stereocenters. The van der Waals surface area contributed by atoms with Gasteiger partial charge in [0.15, 0.2) is 0 Å². The van der Waals surface area contributed by atoms with E-state index in [9.17, 15) is 0 Å². The van der Waals surface area contributed by atoms with E-state index in [0.717, 1.165) is 34.5 Å². The molecule has 0 saturated heterocycles. The van der Waals surface area contributed by atoms with Crippen LogP contribution in [0.15, 0.2) is 0 Å². The lowest BCUT2D eigenvalue weighted by molar-refractivity contribution is -0.179. The van der Waals surface area contributed by atoms with E-state index >= 15 is 0 Å². The van der Waals surface area contributed by atoms with E-state index in [2.05, 4.69) is 27.7 Å². The van der Waals surface area contributed by atoms with Crippen LogP contribution < -0.4 is 0 Å². The lowest BCUT2D eigenvalue weighted by Gasteiger charge is -2.66. The minimum absolute atomic E-state index is 0.738. The summed E-state index contributed by atoms with van der Waals surface area (Å²) >= 11 is 0. The second kappa shape index (κ2) is 1.30. The molecule has 5 fully saturated rings. The molecule has 0 amide bonds. The maximum atomic E-state index is 2.53. The first kappa shape index (κ1) is 6.51. The molecule has 0 radical (unpaired) electrons.